The quantitative estimate of drug-likeness (QED) is 0.247. The Morgan fingerprint density at radius 3 is 2.59 bits per heavy atom. The maximum atomic E-state index is 12.0. The van der Waals surface area contributed by atoms with Crippen molar-refractivity contribution in [3.05, 3.63) is 0 Å². The van der Waals surface area contributed by atoms with Gasteiger partial charge in [-0.2, -0.15) is 0 Å². The van der Waals surface area contributed by atoms with Crippen LogP contribution in [0.25, 0.3) is 0 Å². The van der Waals surface area contributed by atoms with Gasteiger partial charge < -0.3 is 30.4 Å². The lowest BCUT2D eigenvalue weighted by Gasteiger charge is -2.25. The highest BCUT2D eigenvalue weighted by Gasteiger charge is 2.18. The molecule has 2 radical (unpaired) electrons. The second-order valence-corrected chi connectivity index (χ2v) is 4.85. The number of carbonyl (C=O) groups is 2. The van der Waals surface area contributed by atoms with Gasteiger partial charge in [0, 0.05) is 19.0 Å². The predicted octanol–water partition coefficient (Wildman–Crippen LogP) is -2.18. The number of hydrogen-bond acceptors (Lipinski definition) is 7. The lowest BCUT2D eigenvalue weighted by Crippen LogP contribution is -2.45. The molecular formula is C13H26BN3O5. The van der Waals surface area contributed by atoms with Crippen LogP contribution in [0, 0.1) is 0 Å². The summed E-state index contributed by atoms with van der Waals surface area (Å²) in [5.41, 5.74) is 5.91. The van der Waals surface area contributed by atoms with E-state index in [9.17, 15) is 9.59 Å². The Bertz CT molecular complexity index is 320. The van der Waals surface area contributed by atoms with Crippen LogP contribution in [0.2, 0.25) is 0 Å². The average molecular weight is 315 g/mol. The van der Waals surface area contributed by atoms with Crippen LogP contribution < -0.4 is 11.0 Å². The molecule has 0 heterocycles. The van der Waals surface area contributed by atoms with Crippen LogP contribution in [-0.4, -0.2) is 88.4 Å². The van der Waals surface area contributed by atoms with E-state index < -0.39 is 6.04 Å². The maximum absolute atomic E-state index is 12.0. The molecule has 9 heteroatoms. The maximum Gasteiger partial charge on any atom is 0.224 e. The summed E-state index contributed by atoms with van der Waals surface area (Å²) < 4.78 is 10.4. The van der Waals surface area contributed by atoms with Gasteiger partial charge in [0.05, 0.1) is 39.6 Å². The van der Waals surface area contributed by atoms with Gasteiger partial charge in [-0.15, -0.1) is 0 Å². The highest BCUT2D eigenvalue weighted by Crippen LogP contribution is 1.98. The molecular weight excluding hydrogens is 289 g/mol. The Morgan fingerprint density at radius 1 is 1.32 bits per heavy atom. The Morgan fingerprint density at radius 2 is 2.00 bits per heavy atom. The molecule has 0 fully saturated rings. The summed E-state index contributed by atoms with van der Waals surface area (Å²) >= 11 is 0. The second-order valence-electron chi connectivity index (χ2n) is 4.85. The highest BCUT2D eigenvalue weighted by atomic mass is 16.5. The lowest BCUT2D eigenvalue weighted by atomic mass is 10.2. The van der Waals surface area contributed by atoms with E-state index in [4.69, 9.17) is 28.3 Å². The molecule has 0 spiro atoms. The average Bonchev–Trinajstić information content (AvgIpc) is 2.47. The summed E-state index contributed by atoms with van der Waals surface area (Å²) in [7, 11) is 5.14. The zero-order chi connectivity index (χ0) is 16.8. The van der Waals surface area contributed by atoms with Crippen LogP contribution in [0.1, 0.15) is 13.3 Å². The van der Waals surface area contributed by atoms with Gasteiger partial charge in [0.15, 0.2) is 7.98 Å². The fourth-order valence-corrected chi connectivity index (χ4v) is 1.72. The van der Waals surface area contributed by atoms with E-state index in [2.05, 4.69) is 5.23 Å². The molecule has 1 atom stereocenters. The Hall–Kier alpha value is -0.995. The number of ether oxygens (including phenoxy) is 2. The Labute approximate surface area is 132 Å². The highest BCUT2D eigenvalue weighted by molar-refractivity contribution is 6.04. The molecule has 0 rings (SSSR count). The number of carbonyl (C=O) groups excluding carboxylic acids is 2. The number of Topliss-reactive ketones (excluding diaryl/α,β-unsaturated/α-hetero) is 1. The van der Waals surface area contributed by atoms with Crippen LogP contribution in [0.4, 0.5) is 0 Å². The molecule has 0 saturated carbocycles. The molecule has 0 aliphatic heterocycles. The van der Waals surface area contributed by atoms with Crippen molar-refractivity contribution in [2.75, 3.05) is 52.7 Å². The molecule has 0 aliphatic carbocycles. The topological polar surface area (TPSA) is 114 Å². The van der Waals surface area contributed by atoms with Crippen molar-refractivity contribution < 1.29 is 24.2 Å². The van der Waals surface area contributed by atoms with Crippen LogP contribution >= 0.6 is 0 Å². The van der Waals surface area contributed by atoms with Gasteiger partial charge in [0.1, 0.15) is 5.78 Å². The summed E-state index contributed by atoms with van der Waals surface area (Å²) in [6.07, 6.45) is 0.201. The Kier molecular flexibility index (Phi) is 13.0. The van der Waals surface area contributed by atoms with Gasteiger partial charge >= 0.3 is 0 Å². The first-order chi connectivity index (χ1) is 10.5. The SMILES string of the molecule is [B]NCCC(=O)N(CC(C)=O)C[C@@H](N)COCCOCCO. The van der Waals surface area contributed by atoms with Crippen molar-refractivity contribution in [1.82, 2.24) is 10.1 Å². The molecule has 0 saturated heterocycles. The smallest absolute Gasteiger partial charge is 0.224 e. The number of nitrogens with one attached hydrogen (secondary N) is 1. The minimum absolute atomic E-state index is 0.0245. The van der Waals surface area contributed by atoms with Crippen LogP contribution in [0.15, 0.2) is 0 Å². The molecule has 0 aliphatic rings. The van der Waals surface area contributed by atoms with Crippen molar-refractivity contribution in [2.45, 2.75) is 19.4 Å². The Balaban J connectivity index is 4.06. The van der Waals surface area contributed by atoms with E-state index in [1.54, 1.807) is 0 Å². The molecule has 0 aromatic carbocycles. The van der Waals surface area contributed by atoms with E-state index in [1.165, 1.54) is 11.8 Å². The summed E-state index contributed by atoms with van der Waals surface area (Å²) in [6.45, 7) is 3.22. The zero-order valence-corrected chi connectivity index (χ0v) is 13.1. The number of amides is 1. The monoisotopic (exact) mass is 315 g/mol. The number of aliphatic hydroxyl groups is 1. The number of ketones is 1. The van der Waals surface area contributed by atoms with Crippen LogP contribution in [0.3, 0.4) is 0 Å². The zero-order valence-electron chi connectivity index (χ0n) is 13.1. The third kappa shape index (κ3) is 11.6. The summed E-state index contributed by atoms with van der Waals surface area (Å²) in [5, 5.41) is 10.9. The normalized spacial score (nSPS) is 12.1. The van der Waals surface area contributed by atoms with Gasteiger partial charge in [-0.05, 0) is 13.5 Å². The minimum atomic E-state index is -0.396. The molecule has 0 aromatic rings. The van der Waals surface area contributed by atoms with E-state index in [-0.39, 0.29) is 51.0 Å². The van der Waals surface area contributed by atoms with E-state index >= 15 is 0 Å². The summed E-state index contributed by atoms with van der Waals surface area (Å²) in [4.78, 5) is 24.6. The molecule has 0 unspecified atom stereocenters. The number of rotatable bonds is 14. The fraction of sp³-hybridized carbons (Fsp3) is 0.846. The molecule has 0 aromatic heterocycles. The molecule has 0 bridgehead atoms. The van der Waals surface area contributed by atoms with Crippen molar-refractivity contribution >= 4 is 19.7 Å². The van der Waals surface area contributed by atoms with E-state index in [0.717, 1.165) is 0 Å². The molecule has 8 nitrogen and oxygen atoms in total. The largest absolute Gasteiger partial charge is 0.394 e. The van der Waals surface area contributed by atoms with Crippen molar-refractivity contribution in [3.8, 4) is 0 Å². The van der Waals surface area contributed by atoms with Gasteiger partial charge in [0.2, 0.25) is 5.91 Å². The number of aliphatic hydroxyl groups excluding tert-OH is 1. The van der Waals surface area contributed by atoms with E-state index in [1.807, 2.05) is 0 Å². The molecule has 126 valence electrons. The predicted molar refractivity (Wildman–Crippen MR) is 82.3 cm³/mol. The molecule has 22 heavy (non-hydrogen) atoms. The van der Waals surface area contributed by atoms with Gasteiger partial charge in [-0.1, -0.05) is 0 Å². The number of nitrogens with two attached hydrogens (primary N) is 1. The standard InChI is InChI=1S/C13H26BN3O5/c1-11(19)8-17(13(20)2-3-16-14)9-12(15)10-22-7-6-21-5-4-18/h12,16,18H,2-10,15H2,1H3/t12-/m1/s1. The van der Waals surface area contributed by atoms with E-state index in [0.29, 0.717) is 19.8 Å². The van der Waals surface area contributed by atoms with Gasteiger partial charge in [-0.25, -0.2) is 0 Å². The first-order valence-corrected chi connectivity index (χ1v) is 7.23. The third-order valence-corrected chi connectivity index (χ3v) is 2.64. The van der Waals surface area contributed by atoms with Crippen LogP contribution in [0.5, 0.6) is 0 Å². The fourth-order valence-electron chi connectivity index (χ4n) is 1.72. The first kappa shape index (κ1) is 21.0. The molecule has 4 N–H and O–H groups in total. The summed E-state index contributed by atoms with van der Waals surface area (Å²) in [6, 6.07) is -0.396. The van der Waals surface area contributed by atoms with Crippen molar-refractivity contribution in [1.29, 1.82) is 0 Å². The number of hydrogen-bond donors (Lipinski definition) is 3. The first-order valence-electron chi connectivity index (χ1n) is 7.23. The summed E-state index contributed by atoms with van der Waals surface area (Å²) in [5.74, 6) is -0.297. The minimum Gasteiger partial charge on any atom is -0.394 e. The lowest BCUT2D eigenvalue weighted by molar-refractivity contribution is -0.135. The van der Waals surface area contributed by atoms with Crippen molar-refractivity contribution in [2.24, 2.45) is 5.73 Å². The van der Waals surface area contributed by atoms with Gasteiger partial charge in [0.25, 0.3) is 0 Å². The second kappa shape index (κ2) is 13.7. The number of nitrogens with zero attached hydrogens (tertiary/aromatic N) is 1. The third-order valence-electron chi connectivity index (χ3n) is 2.64. The van der Waals surface area contributed by atoms with Gasteiger partial charge in [-0.3, -0.25) is 9.59 Å². The van der Waals surface area contributed by atoms with Crippen molar-refractivity contribution in [3.63, 3.8) is 0 Å². The van der Waals surface area contributed by atoms with Crippen LogP contribution in [-0.2, 0) is 19.1 Å². The molecule has 1 amide bonds.